The van der Waals surface area contributed by atoms with Crippen LogP contribution in [0.15, 0.2) is 24.3 Å². The zero-order valence-electron chi connectivity index (χ0n) is 13.6. The summed E-state index contributed by atoms with van der Waals surface area (Å²) in [5, 5.41) is 5.69. The Bertz CT molecular complexity index is 598. The molecule has 1 aliphatic carbocycles. The number of nitrogens with one attached hydrogen (secondary N) is 2. The molecule has 0 spiro atoms. The molecule has 2 aliphatic rings. The van der Waals surface area contributed by atoms with Crippen LogP contribution in [0, 0.1) is 5.82 Å². The molecule has 0 aromatic heterocycles. The lowest BCUT2D eigenvalue weighted by Crippen LogP contribution is -2.51. The van der Waals surface area contributed by atoms with Crippen LogP contribution in [0.2, 0.25) is 0 Å². The van der Waals surface area contributed by atoms with Crippen molar-refractivity contribution in [3.8, 4) is 0 Å². The highest BCUT2D eigenvalue weighted by Crippen LogP contribution is 2.18. The highest BCUT2D eigenvalue weighted by molar-refractivity contribution is 5.92. The summed E-state index contributed by atoms with van der Waals surface area (Å²) in [5.41, 5.74) is 0.468. The van der Waals surface area contributed by atoms with E-state index in [2.05, 4.69) is 15.5 Å². The number of rotatable bonds is 6. The van der Waals surface area contributed by atoms with Gasteiger partial charge >= 0.3 is 0 Å². The molecule has 7 heteroatoms. The zero-order valence-corrected chi connectivity index (χ0v) is 13.6. The molecular formula is C17H23FN4O2. The topological polar surface area (TPSA) is 64.7 Å². The number of nitrogens with zero attached hydrogens (tertiary/aromatic N) is 2. The van der Waals surface area contributed by atoms with Gasteiger partial charge in [-0.2, -0.15) is 0 Å². The first kappa shape index (κ1) is 16.9. The molecule has 0 radical (unpaired) electrons. The van der Waals surface area contributed by atoms with E-state index in [-0.39, 0.29) is 24.2 Å². The number of piperazine rings is 1. The predicted octanol–water partition coefficient (Wildman–Crippen LogP) is 0.660. The molecular weight excluding hydrogens is 311 g/mol. The van der Waals surface area contributed by atoms with Gasteiger partial charge in [0.1, 0.15) is 5.82 Å². The van der Waals surface area contributed by atoms with Crippen molar-refractivity contribution in [3.05, 3.63) is 30.1 Å². The van der Waals surface area contributed by atoms with Crippen molar-refractivity contribution in [1.82, 2.24) is 15.1 Å². The zero-order chi connectivity index (χ0) is 16.9. The van der Waals surface area contributed by atoms with E-state index in [1.54, 1.807) is 12.1 Å². The molecule has 6 nitrogen and oxygen atoms in total. The van der Waals surface area contributed by atoms with Crippen LogP contribution in [0.25, 0.3) is 0 Å². The first-order chi connectivity index (χ1) is 11.6. The van der Waals surface area contributed by atoms with E-state index in [1.165, 1.54) is 12.1 Å². The van der Waals surface area contributed by atoms with Crippen molar-refractivity contribution in [2.24, 2.45) is 0 Å². The number of anilines is 1. The van der Waals surface area contributed by atoms with E-state index < -0.39 is 0 Å². The van der Waals surface area contributed by atoms with E-state index in [0.29, 0.717) is 18.3 Å². The van der Waals surface area contributed by atoms with Crippen molar-refractivity contribution in [2.75, 3.05) is 44.6 Å². The summed E-state index contributed by atoms with van der Waals surface area (Å²) in [7, 11) is 0. The van der Waals surface area contributed by atoms with Crippen molar-refractivity contribution < 1.29 is 14.0 Å². The van der Waals surface area contributed by atoms with Gasteiger partial charge in [0.25, 0.3) is 0 Å². The minimum Gasteiger partial charge on any atom is -0.352 e. The highest BCUT2D eigenvalue weighted by Gasteiger charge is 2.25. The Morgan fingerprint density at radius 2 is 1.67 bits per heavy atom. The molecule has 1 aliphatic heterocycles. The van der Waals surface area contributed by atoms with Crippen molar-refractivity contribution >= 4 is 17.5 Å². The van der Waals surface area contributed by atoms with Gasteiger partial charge in [-0.1, -0.05) is 6.07 Å². The molecule has 2 N–H and O–H groups in total. The standard InChI is InChI=1S/C17H23FN4O2/c18-13-2-1-3-15(10-13)20-17(24)12-22-8-6-21(7-9-22)11-16(23)19-14-4-5-14/h1-3,10,14H,4-9,11-12H2,(H,19,23)(H,20,24). The number of carbonyl (C=O) groups is 2. The van der Waals surface area contributed by atoms with Crippen LogP contribution in [0.4, 0.5) is 10.1 Å². The minimum atomic E-state index is -0.370. The molecule has 1 saturated heterocycles. The number of halogens is 1. The maximum Gasteiger partial charge on any atom is 0.238 e. The number of amides is 2. The van der Waals surface area contributed by atoms with Gasteiger partial charge in [0.05, 0.1) is 13.1 Å². The van der Waals surface area contributed by atoms with Crippen LogP contribution in [0.3, 0.4) is 0 Å². The molecule has 1 aromatic rings. The van der Waals surface area contributed by atoms with Crippen LogP contribution in [-0.4, -0.2) is 66.9 Å². The van der Waals surface area contributed by atoms with Crippen molar-refractivity contribution in [3.63, 3.8) is 0 Å². The number of carbonyl (C=O) groups excluding carboxylic acids is 2. The van der Waals surface area contributed by atoms with Crippen molar-refractivity contribution in [1.29, 1.82) is 0 Å². The van der Waals surface area contributed by atoms with Crippen LogP contribution in [-0.2, 0) is 9.59 Å². The Morgan fingerprint density at radius 1 is 1.04 bits per heavy atom. The Balaban J connectivity index is 1.36. The fourth-order valence-corrected chi connectivity index (χ4v) is 2.78. The summed E-state index contributed by atoms with van der Waals surface area (Å²) in [5.74, 6) is -0.429. The van der Waals surface area contributed by atoms with E-state index >= 15 is 0 Å². The second kappa shape index (κ2) is 7.72. The van der Waals surface area contributed by atoms with E-state index in [4.69, 9.17) is 0 Å². The fourth-order valence-electron chi connectivity index (χ4n) is 2.78. The largest absolute Gasteiger partial charge is 0.352 e. The van der Waals surface area contributed by atoms with Crippen LogP contribution in [0.1, 0.15) is 12.8 Å². The third-order valence-electron chi connectivity index (χ3n) is 4.25. The maximum absolute atomic E-state index is 13.1. The summed E-state index contributed by atoms with van der Waals surface area (Å²) < 4.78 is 13.1. The van der Waals surface area contributed by atoms with Gasteiger partial charge in [0, 0.05) is 37.9 Å². The summed E-state index contributed by atoms with van der Waals surface area (Å²) in [6.07, 6.45) is 2.19. The quantitative estimate of drug-likeness (QED) is 0.802. The minimum absolute atomic E-state index is 0.0924. The van der Waals surface area contributed by atoms with Gasteiger partial charge in [0.2, 0.25) is 11.8 Å². The first-order valence-corrected chi connectivity index (χ1v) is 8.38. The molecule has 130 valence electrons. The fraction of sp³-hybridized carbons (Fsp3) is 0.529. The molecule has 1 saturated carbocycles. The third kappa shape index (κ3) is 5.28. The van der Waals surface area contributed by atoms with Gasteiger partial charge in [-0.15, -0.1) is 0 Å². The Kier molecular flexibility index (Phi) is 5.42. The molecule has 1 aromatic carbocycles. The second-order valence-corrected chi connectivity index (χ2v) is 6.45. The average Bonchev–Trinajstić information content (AvgIpc) is 3.33. The SMILES string of the molecule is O=C(CN1CCN(CC(=O)NC2CC2)CC1)Nc1cccc(F)c1. The monoisotopic (exact) mass is 334 g/mol. The molecule has 0 bridgehead atoms. The maximum atomic E-state index is 13.1. The first-order valence-electron chi connectivity index (χ1n) is 8.38. The van der Waals surface area contributed by atoms with Gasteiger partial charge in [0.15, 0.2) is 0 Å². The Morgan fingerprint density at radius 3 is 2.25 bits per heavy atom. The normalized spacial score (nSPS) is 19.0. The Labute approximate surface area is 141 Å². The van der Waals surface area contributed by atoms with Crippen molar-refractivity contribution in [2.45, 2.75) is 18.9 Å². The van der Waals surface area contributed by atoms with Gasteiger partial charge < -0.3 is 10.6 Å². The van der Waals surface area contributed by atoms with E-state index in [9.17, 15) is 14.0 Å². The molecule has 2 fully saturated rings. The molecule has 3 rings (SSSR count). The number of benzene rings is 1. The smallest absolute Gasteiger partial charge is 0.238 e. The van der Waals surface area contributed by atoms with Gasteiger partial charge in [-0.05, 0) is 31.0 Å². The summed E-state index contributed by atoms with van der Waals surface area (Å²) in [6.45, 7) is 3.73. The van der Waals surface area contributed by atoms with Crippen LogP contribution < -0.4 is 10.6 Å². The number of hydrogen-bond donors (Lipinski definition) is 2. The summed E-state index contributed by atoms with van der Waals surface area (Å²) in [4.78, 5) is 28.0. The Hall–Kier alpha value is -1.99. The highest BCUT2D eigenvalue weighted by atomic mass is 19.1. The molecule has 2 amide bonds. The van der Waals surface area contributed by atoms with Crippen LogP contribution in [0.5, 0.6) is 0 Å². The molecule has 1 heterocycles. The van der Waals surface area contributed by atoms with E-state index in [0.717, 1.165) is 39.0 Å². The molecule has 24 heavy (non-hydrogen) atoms. The predicted molar refractivity (Wildman–Crippen MR) is 89.1 cm³/mol. The number of hydrogen-bond acceptors (Lipinski definition) is 4. The lowest BCUT2D eigenvalue weighted by molar-refractivity contribution is -0.123. The van der Waals surface area contributed by atoms with Gasteiger partial charge in [-0.3, -0.25) is 19.4 Å². The lowest BCUT2D eigenvalue weighted by Gasteiger charge is -2.33. The summed E-state index contributed by atoms with van der Waals surface area (Å²) in [6, 6.07) is 6.27. The lowest BCUT2D eigenvalue weighted by atomic mass is 10.3. The third-order valence-corrected chi connectivity index (χ3v) is 4.25. The van der Waals surface area contributed by atoms with Gasteiger partial charge in [-0.25, -0.2) is 4.39 Å². The van der Waals surface area contributed by atoms with E-state index in [1.807, 2.05) is 4.90 Å². The second-order valence-electron chi connectivity index (χ2n) is 6.45. The molecule has 0 atom stereocenters. The molecule has 0 unspecified atom stereocenters. The van der Waals surface area contributed by atoms with Crippen LogP contribution >= 0.6 is 0 Å². The summed E-state index contributed by atoms with van der Waals surface area (Å²) >= 11 is 0. The average molecular weight is 334 g/mol.